The van der Waals surface area contributed by atoms with Crippen molar-refractivity contribution < 1.29 is 10.0 Å². The molecule has 18 heavy (non-hydrogen) atoms. The number of hydrogen-bond acceptors (Lipinski definition) is 3. The smallest absolute Gasteiger partial charge is 0.283 e. The first-order valence-electron chi connectivity index (χ1n) is 5.31. The minimum Gasteiger partial charge on any atom is -0.425 e. The van der Waals surface area contributed by atoms with Gasteiger partial charge in [0, 0.05) is 22.7 Å². The molecule has 1 aromatic carbocycles. The Bertz CT molecular complexity index is 701. The van der Waals surface area contributed by atoms with Gasteiger partial charge in [0.1, 0.15) is 0 Å². The van der Waals surface area contributed by atoms with E-state index >= 15 is 0 Å². The molecule has 1 amide bonds. The summed E-state index contributed by atoms with van der Waals surface area (Å²) in [6.07, 6.45) is 0. The molecule has 0 saturated heterocycles. The number of benzene rings is 1. The lowest BCUT2D eigenvalue weighted by Crippen LogP contribution is -2.16. The lowest BCUT2D eigenvalue weighted by atomic mass is 10.2. The van der Waals surface area contributed by atoms with E-state index in [-0.39, 0.29) is 5.91 Å². The predicted octanol–water partition coefficient (Wildman–Crippen LogP) is 1.75. The molecule has 0 spiro atoms. The van der Waals surface area contributed by atoms with Crippen LogP contribution in [0, 0.1) is 0 Å². The van der Waals surface area contributed by atoms with Gasteiger partial charge >= 0.3 is 0 Å². The fourth-order valence-corrected chi connectivity index (χ4v) is 1.55. The number of carbonyl (C=O) groups excluding carboxylic acids is 1. The highest BCUT2D eigenvalue weighted by Gasteiger charge is 2.05. The number of anilines is 1. The van der Waals surface area contributed by atoms with E-state index in [4.69, 9.17) is 0 Å². The molecule has 5 heteroatoms. The molecule has 0 aliphatic heterocycles. The molecule has 92 valence electrons. The van der Waals surface area contributed by atoms with Crippen molar-refractivity contribution in [3.63, 3.8) is 0 Å². The maximum atomic E-state index is 11.5. The van der Waals surface area contributed by atoms with Crippen LogP contribution in [0.2, 0.25) is 0 Å². The van der Waals surface area contributed by atoms with Gasteiger partial charge in [-0.3, -0.25) is 9.59 Å². The van der Waals surface area contributed by atoms with Crippen LogP contribution < -0.4 is 10.9 Å². The van der Waals surface area contributed by atoms with Gasteiger partial charge in [0.05, 0.1) is 5.52 Å². The summed E-state index contributed by atoms with van der Waals surface area (Å²) in [6, 6.07) is 7.68. The summed E-state index contributed by atoms with van der Waals surface area (Å²) < 4.78 is 0.569. The molecule has 0 radical (unpaired) electrons. The molecule has 2 N–H and O–H groups in total. The lowest BCUT2D eigenvalue weighted by Gasteiger charge is -2.07. The van der Waals surface area contributed by atoms with Crippen molar-refractivity contribution in [2.75, 3.05) is 5.32 Å². The second-order valence-electron chi connectivity index (χ2n) is 3.99. The van der Waals surface area contributed by atoms with Crippen LogP contribution in [-0.2, 0) is 4.79 Å². The van der Waals surface area contributed by atoms with Gasteiger partial charge in [0.15, 0.2) is 0 Å². The molecule has 0 aliphatic rings. The van der Waals surface area contributed by atoms with Crippen LogP contribution in [0.4, 0.5) is 5.69 Å². The third kappa shape index (κ3) is 2.10. The van der Waals surface area contributed by atoms with Gasteiger partial charge in [-0.1, -0.05) is 6.58 Å². The van der Waals surface area contributed by atoms with E-state index in [2.05, 4.69) is 11.9 Å². The third-order valence-corrected chi connectivity index (χ3v) is 2.52. The Morgan fingerprint density at radius 2 is 2.06 bits per heavy atom. The third-order valence-electron chi connectivity index (χ3n) is 2.52. The van der Waals surface area contributed by atoms with Crippen molar-refractivity contribution in [2.24, 2.45) is 0 Å². The van der Waals surface area contributed by atoms with Crippen LogP contribution in [0.1, 0.15) is 6.92 Å². The highest BCUT2D eigenvalue weighted by atomic mass is 16.5. The molecule has 0 aliphatic carbocycles. The molecule has 0 bridgehead atoms. The Kier molecular flexibility index (Phi) is 2.89. The standard InChI is InChI=1S/C13H12N2O3/c1-8(2)13(17)14-10-4-5-11-9(7-10)3-6-12(16)15(11)18/h3-7,18H,1H2,2H3,(H,14,17). The zero-order valence-electron chi connectivity index (χ0n) is 9.80. The highest BCUT2D eigenvalue weighted by molar-refractivity contribution is 6.03. The minimum absolute atomic E-state index is 0.272. The van der Waals surface area contributed by atoms with Crippen LogP contribution >= 0.6 is 0 Å². The molecule has 5 nitrogen and oxygen atoms in total. The minimum atomic E-state index is -0.499. The normalized spacial score (nSPS) is 10.3. The Hall–Kier alpha value is -2.56. The number of rotatable bonds is 2. The van der Waals surface area contributed by atoms with E-state index in [1.807, 2.05) is 0 Å². The fraction of sp³-hybridized carbons (Fsp3) is 0.0769. The molecule has 2 aromatic rings. The first-order chi connectivity index (χ1) is 8.49. The first kappa shape index (κ1) is 11.9. The van der Waals surface area contributed by atoms with Crippen LogP contribution in [0.5, 0.6) is 0 Å². The number of aromatic nitrogens is 1. The fourth-order valence-electron chi connectivity index (χ4n) is 1.55. The highest BCUT2D eigenvalue weighted by Crippen LogP contribution is 2.17. The molecule has 0 unspecified atom stereocenters. The van der Waals surface area contributed by atoms with Gasteiger partial charge in [-0.25, -0.2) is 0 Å². The van der Waals surface area contributed by atoms with E-state index in [0.717, 1.165) is 0 Å². The molecule has 1 heterocycles. The maximum Gasteiger partial charge on any atom is 0.283 e. The Labute approximate surface area is 103 Å². The van der Waals surface area contributed by atoms with Gasteiger partial charge in [-0.2, -0.15) is 0 Å². The molecule has 0 fully saturated rings. The predicted molar refractivity (Wildman–Crippen MR) is 68.8 cm³/mol. The van der Waals surface area contributed by atoms with Gasteiger partial charge in [-0.15, -0.1) is 4.73 Å². The van der Waals surface area contributed by atoms with Crippen molar-refractivity contribution in [1.82, 2.24) is 4.73 Å². The van der Waals surface area contributed by atoms with E-state index < -0.39 is 5.56 Å². The summed E-state index contributed by atoms with van der Waals surface area (Å²) in [6.45, 7) is 5.15. The number of pyridine rings is 1. The zero-order valence-corrected chi connectivity index (χ0v) is 9.80. The Morgan fingerprint density at radius 3 is 2.72 bits per heavy atom. The first-order valence-corrected chi connectivity index (χ1v) is 5.31. The van der Waals surface area contributed by atoms with E-state index in [9.17, 15) is 14.8 Å². The quantitative estimate of drug-likeness (QED) is 0.624. The van der Waals surface area contributed by atoms with Crippen molar-refractivity contribution in [1.29, 1.82) is 0 Å². The van der Waals surface area contributed by atoms with Crippen LogP contribution in [0.3, 0.4) is 0 Å². The second kappa shape index (κ2) is 4.37. The summed E-state index contributed by atoms with van der Waals surface area (Å²) in [7, 11) is 0. The number of nitrogens with one attached hydrogen (secondary N) is 1. The molecular weight excluding hydrogens is 232 g/mol. The molecular formula is C13H12N2O3. The largest absolute Gasteiger partial charge is 0.425 e. The zero-order chi connectivity index (χ0) is 13.3. The lowest BCUT2D eigenvalue weighted by molar-refractivity contribution is -0.112. The number of hydrogen-bond donors (Lipinski definition) is 2. The van der Waals surface area contributed by atoms with Crippen molar-refractivity contribution in [3.8, 4) is 0 Å². The number of nitrogens with zero attached hydrogens (tertiary/aromatic N) is 1. The average Bonchev–Trinajstić information content (AvgIpc) is 2.34. The number of amides is 1. The maximum absolute atomic E-state index is 11.5. The summed E-state index contributed by atoms with van der Waals surface area (Å²) in [5.41, 5.74) is 0.869. The van der Waals surface area contributed by atoms with Gasteiger partial charge in [0.25, 0.3) is 11.5 Å². The van der Waals surface area contributed by atoms with Crippen LogP contribution in [0.25, 0.3) is 10.9 Å². The number of fused-ring (bicyclic) bond motifs is 1. The van der Waals surface area contributed by atoms with Gasteiger partial charge in [0.2, 0.25) is 0 Å². The summed E-state index contributed by atoms with van der Waals surface area (Å²) in [4.78, 5) is 22.7. The molecule has 1 aromatic heterocycles. The van der Waals surface area contributed by atoms with Crippen LogP contribution in [-0.4, -0.2) is 15.8 Å². The van der Waals surface area contributed by atoms with E-state index in [1.165, 1.54) is 6.07 Å². The van der Waals surface area contributed by atoms with Crippen molar-refractivity contribution in [3.05, 3.63) is 52.8 Å². The topological polar surface area (TPSA) is 71.3 Å². The van der Waals surface area contributed by atoms with Crippen molar-refractivity contribution in [2.45, 2.75) is 6.92 Å². The van der Waals surface area contributed by atoms with Crippen molar-refractivity contribution >= 4 is 22.5 Å². The summed E-state index contributed by atoms with van der Waals surface area (Å²) in [5.74, 6) is -0.272. The molecule has 2 rings (SSSR count). The average molecular weight is 244 g/mol. The molecule has 0 saturated carbocycles. The summed E-state index contributed by atoms with van der Waals surface area (Å²) >= 11 is 0. The SMILES string of the molecule is C=C(C)C(=O)Nc1ccc2c(ccc(=O)n2O)c1. The van der Waals surface area contributed by atoms with Gasteiger partial charge in [-0.05, 0) is 31.2 Å². The summed E-state index contributed by atoms with van der Waals surface area (Å²) in [5, 5.41) is 12.8. The van der Waals surface area contributed by atoms with Gasteiger partial charge < -0.3 is 10.5 Å². The van der Waals surface area contributed by atoms with Crippen LogP contribution in [0.15, 0.2) is 47.3 Å². The Morgan fingerprint density at radius 1 is 1.33 bits per heavy atom. The van der Waals surface area contributed by atoms with E-state index in [0.29, 0.717) is 26.9 Å². The Balaban J connectivity index is 2.46. The second-order valence-corrected chi connectivity index (χ2v) is 3.99. The van der Waals surface area contributed by atoms with E-state index in [1.54, 1.807) is 31.2 Å². The monoisotopic (exact) mass is 244 g/mol. The number of carbonyl (C=O) groups is 1. The molecule has 0 atom stereocenters.